The first-order chi connectivity index (χ1) is 9.65. The van der Waals surface area contributed by atoms with Gasteiger partial charge in [-0.2, -0.15) is 10.3 Å². The summed E-state index contributed by atoms with van der Waals surface area (Å²) in [6, 6.07) is 14.1. The molecule has 0 amide bonds. The Morgan fingerprint density at radius 3 is 2.45 bits per heavy atom. The van der Waals surface area contributed by atoms with E-state index in [1.165, 1.54) is 0 Å². The van der Waals surface area contributed by atoms with Gasteiger partial charge in [-0.3, -0.25) is 4.79 Å². The van der Waals surface area contributed by atoms with Crippen molar-refractivity contribution in [1.82, 2.24) is 0 Å². The van der Waals surface area contributed by atoms with Crippen molar-refractivity contribution in [3.63, 3.8) is 0 Å². The Morgan fingerprint density at radius 2 is 1.90 bits per heavy atom. The summed E-state index contributed by atoms with van der Waals surface area (Å²) < 4.78 is 0. The minimum absolute atomic E-state index is 0.335. The number of nitrogens with zero attached hydrogens (tertiary/aromatic N) is 2. The lowest BCUT2D eigenvalue weighted by Gasteiger charge is -2.06. The molecule has 2 aromatic carbocycles. The number of nitriles is 1. The van der Waals surface area contributed by atoms with Gasteiger partial charge in [-0.25, -0.2) is 0 Å². The van der Waals surface area contributed by atoms with Crippen molar-refractivity contribution in [3.8, 4) is 17.2 Å². The quantitative estimate of drug-likeness (QED) is 0.528. The van der Waals surface area contributed by atoms with Crippen LogP contribution in [-0.4, -0.2) is 10.3 Å². The summed E-state index contributed by atoms with van der Waals surface area (Å²) in [6.45, 7) is 0. The number of aliphatic imine (C=N–C) groups is 1. The van der Waals surface area contributed by atoms with Gasteiger partial charge in [0, 0.05) is 11.1 Å². The van der Waals surface area contributed by atoms with Crippen LogP contribution in [0, 0.1) is 11.3 Å². The molecule has 0 heterocycles. The fourth-order valence-electron chi connectivity index (χ4n) is 1.78. The molecule has 3 nitrogen and oxygen atoms in total. The van der Waals surface area contributed by atoms with Gasteiger partial charge >= 0.3 is 0 Å². The SMILES string of the molecule is N#Cc1ccc(C(=O)S)cc1-c1ccc(N=C=S)cc1. The van der Waals surface area contributed by atoms with Gasteiger partial charge in [0.15, 0.2) is 0 Å². The van der Waals surface area contributed by atoms with E-state index in [0.29, 0.717) is 22.4 Å². The zero-order valence-corrected chi connectivity index (χ0v) is 11.9. The van der Waals surface area contributed by atoms with Gasteiger partial charge in [0.05, 0.1) is 22.5 Å². The van der Waals surface area contributed by atoms with E-state index in [-0.39, 0.29) is 5.12 Å². The first-order valence-corrected chi connectivity index (χ1v) is 6.47. The molecule has 0 aliphatic carbocycles. The Kier molecular flexibility index (Phi) is 4.44. The molecule has 0 aromatic heterocycles. The molecule has 96 valence electrons. The van der Waals surface area contributed by atoms with Crippen molar-refractivity contribution in [2.45, 2.75) is 0 Å². The van der Waals surface area contributed by atoms with Crippen LogP contribution >= 0.6 is 24.8 Å². The summed E-state index contributed by atoms with van der Waals surface area (Å²) in [5, 5.41) is 11.1. The molecule has 0 radical (unpaired) electrons. The van der Waals surface area contributed by atoms with Gasteiger partial charge in [0.2, 0.25) is 5.12 Å². The maximum atomic E-state index is 11.3. The first kappa shape index (κ1) is 14.2. The highest BCUT2D eigenvalue weighted by Crippen LogP contribution is 2.27. The minimum Gasteiger partial charge on any atom is -0.282 e. The van der Waals surface area contributed by atoms with Gasteiger partial charge in [0.25, 0.3) is 0 Å². The Balaban J connectivity index is 2.55. The maximum Gasteiger partial charge on any atom is 0.216 e. The molecule has 0 saturated heterocycles. The van der Waals surface area contributed by atoms with E-state index < -0.39 is 0 Å². The second-order valence-corrected chi connectivity index (χ2v) is 4.52. The van der Waals surface area contributed by atoms with E-state index in [0.717, 1.165) is 5.56 Å². The molecule has 0 N–H and O–H groups in total. The number of thiocarbonyl (C=S) groups is 1. The molecule has 0 aliphatic rings. The van der Waals surface area contributed by atoms with Crippen molar-refractivity contribution in [2.24, 2.45) is 4.99 Å². The second-order valence-electron chi connectivity index (χ2n) is 3.93. The van der Waals surface area contributed by atoms with Crippen LogP contribution < -0.4 is 0 Å². The predicted octanol–water partition coefficient (Wildman–Crippen LogP) is 4.03. The van der Waals surface area contributed by atoms with Crippen molar-refractivity contribution in [1.29, 1.82) is 5.26 Å². The number of isothiocyanates is 1. The molecular weight excluding hydrogens is 288 g/mol. The average molecular weight is 296 g/mol. The number of thiol groups is 1. The zero-order valence-electron chi connectivity index (χ0n) is 10.2. The predicted molar refractivity (Wildman–Crippen MR) is 84.6 cm³/mol. The molecule has 2 aromatic rings. The molecule has 0 fully saturated rings. The van der Waals surface area contributed by atoms with Crippen molar-refractivity contribution in [2.75, 3.05) is 0 Å². The minimum atomic E-state index is -0.335. The monoisotopic (exact) mass is 296 g/mol. The van der Waals surface area contributed by atoms with Crippen LogP contribution in [0.3, 0.4) is 0 Å². The summed E-state index contributed by atoms with van der Waals surface area (Å²) in [4.78, 5) is 15.2. The second kappa shape index (κ2) is 6.27. The first-order valence-electron chi connectivity index (χ1n) is 5.61. The Morgan fingerprint density at radius 1 is 1.20 bits per heavy atom. The van der Waals surface area contributed by atoms with Crippen LogP contribution in [0.15, 0.2) is 47.5 Å². The number of rotatable bonds is 3. The molecular formula is C15H8N2OS2. The Bertz CT molecular complexity index is 754. The molecule has 5 heteroatoms. The molecule has 0 bridgehead atoms. The van der Waals surface area contributed by atoms with E-state index in [4.69, 9.17) is 5.26 Å². The zero-order chi connectivity index (χ0) is 14.5. The molecule has 0 aliphatic heterocycles. The smallest absolute Gasteiger partial charge is 0.216 e. The highest BCUT2D eigenvalue weighted by molar-refractivity contribution is 7.97. The lowest BCUT2D eigenvalue weighted by Crippen LogP contribution is -1.92. The van der Waals surface area contributed by atoms with Crippen LogP contribution in [0.5, 0.6) is 0 Å². The number of hydrogen-bond donors (Lipinski definition) is 1. The molecule has 0 atom stereocenters. The summed E-state index contributed by atoms with van der Waals surface area (Å²) in [7, 11) is 0. The standard InChI is InChI=1S/C15H8N2OS2/c16-8-12-2-1-11(15(18)20)7-14(12)10-3-5-13(6-4-10)17-9-19/h1-7H,(H,18,20). The van der Waals surface area contributed by atoms with Crippen LogP contribution in [0.1, 0.15) is 15.9 Å². The van der Waals surface area contributed by atoms with E-state index in [1.807, 2.05) is 12.1 Å². The third-order valence-electron chi connectivity index (χ3n) is 2.74. The molecule has 20 heavy (non-hydrogen) atoms. The van der Waals surface area contributed by atoms with Crippen LogP contribution in [0.25, 0.3) is 11.1 Å². The Labute approximate surface area is 127 Å². The van der Waals surface area contributed by atoms with E-state index in [9.17, 15) is 4.79 Å². The van der Waals surface area contributed by atoms with Gasteiger partial charge < -0.3 is 0 Å². The number of carbonyl (C=O) groups excluding carboxylic acids is 1. The normalized spacial score (nSPS) is 9.40. The average Bonchev–Trinajstić information content (AvgIpc) is 2.47. The lowest BCUT2D eigenvalue weighted by atomic mass is 9.98. The van der Waals surface area contributed by atoms with E-state index >= 15 is 0 Å². The molecule has 0 spiro atoms. The fourth-order valence-corrected chi connectivity index (χ4v) is 2.03. The van der Waals surface area contributed by atoms with Gasteiger partial charge in [-0.1, -0.05) is 12.1 Å². The van der Waals surface area contributed by atoms with Crippen molar-refractivity contribution < 1.29 is 4.79 Å². The third kappa shape index (κ3) is 3.01. The highest BCUT2D eigenvalue weighted by atomic mass is 32.1. The fraction of sp³-hybridized carbons (Fsp3) is 0. The van der Waals surface area contributed by atoms with Crippen LogP contribution in [-0.2, 0) is 0 Å². The molecule has 2 rings (SSSR count). The van der Waals surface area contributed by atoms with Gasteiger partial charge in [-0.05, 0) is 48.1 Å². The molecule has 0 unspecified atom stereocenters. The van der Waals surface area contributed by atoms with Crippen LogP contribution in [0.4, 0.5) is 5.69 Å². The van der Waals surface area contributed by atoms with E-state index in [1.54, 1.807) is 30.3 Å². The van der Waals surface area contributed by atoms with Crippen LogP contribution in [0.2, 0.25) is 0 Å². The Hall–Kier alpha value is -2.25. The molecule has 0 saturated carbocycles. The topological polar surface area (TPSA) is 53.2 Å². The maximum absolute atomic E-state index is 11.3. The lowest BCUT2D eigenvalue weighted by molar-refractivity contribution is 0.109. The van der Waals surface area contributed by atoms with Crippen molar-refractivity contribution >= 4 is 40.8 Å². The van der Waals surface area contributed by atoms with E-state index in [2.05, 4.69) is 41.1 Å². The largest absolute Gasteiger partial charge is 0.282 e. The summed E-state index contributed by atoms with van der Waals surface area (Å²) >= 11 is 8.34. The van der Waals surface area contributed by atoms with Gasteiger partial charge in [0.1, 0.15) is 0 Å². The third-order valence-corrected chi connectivity index (χ3v) is 3.09. The highest BCUT2D eigenvalue weighted by Gasteiger charge is 2.09. The number of carbonyl (C=O) groups is 1. The number of hydrogen-bond acceptors (Lipinski definition) is 4. The van der Waals surface area contributed by atoms with Crippen molar-refractivity contribution in [3.05, 3.63) is 53.6 Å². The number of benzene rings is 2. The summed E-state index contributed by atoms with van der Waals surface area (Å²) in [5.41, 5.74) is 3.13. The summed E-state index contributed by atoms with van der Waals surface area (Å²) in [5.74, 6) is 0. The summed E-state index contributed by atoms with van der Waals surface area (Å²) in [6.07, 6.45) is 0. The van der Waals surface area contributed by atoms with Gasteiger partial charge in [-0.15, -0.1) is 12.6 Å².